The predicted molar refractivity (Wildman–Crippen MR) is 121 cm³/mol. The van der Waals surface area contributed by atoms with E-state index in [0.29, 0.717) is 12.2 Å². The highest BCUT2D eigenvalue weighted by Gasteiger charge is 2.20. The largest absolute Gasteiger partial charge is 0.482 e. The van der Waals surface area contributed by atoms with Crippen LogP contribution in [-0.4, -0.2) is 54.5 Å². The summed E-state index contributed by atoms with van der Waals surface area (Å²) in [6.07, 6.45) is 4.33. The SMILES string of the molecule is O=C(O)COc1cccc([C@@H](CN2CCCC2)NCC(=O)Cc2coc3ccccc23)c1. The fourth-order valence-electron chi connectivity index (χ4n) is 4.16. The van der Waals surface area contributed by atoms with Crippen molar-refractivity contribution in [1.29, 1.82) is 0 Å². The molecule has 0 bridgehead atoms. The van der Waals surface area contributed by atoms with Crippen LogP contribution in [0.1, 0.15) is 30.0 Å². The number of carboxylic acid groups (broad SMARTS) is 1. The average Bonchev–Trinajstić information content (AvgIpc) is 3.46. The van der Waals surface area contributed by atoms with Crippen LogP contribution in [0.15, 0.2) is 59.2 Å². The van der Waals surface area contributed by atoms with Crippen molar-refractivity contribution >= 4 is 22.7 Å². The third-order valence-electron chi connectivity index (χ3n) is 5.76. The van der Waals surface area contributed by atoms with Gasteiger partial charge in [0.1, 0.15) is 11.3 Å². The highest BCUT2D eigenvalue weighted by Crippen LogP contribution is 2.23. The molecule has 0 saturated carbocycles. The van der Waals surface area contributed by atoms with Crippen molar-refractivity contribution in [2.75, 3.05) is 32.8 Å². The van der Waals surface area contributed by atoms with Gasteiger partial charge in [-0.1, -0.05) is 30.3 Å². The fraction of sp³-hybridized carbons (Fsp3) is 0.360. The number of ketones is 1. The summed E-state index contributed by atoms with van der Waals surface area (Å²) in [7, 11) is 0. The van der Waals surface area contributed by atoms with Gasteiger partial charge in [-0.3, -0.25) is 4.79 Å². The summed E-state index contributed by atoms with van der Waals surface area (Å²) < 4.78 is 10.9. The zero-order valence-corrected chi connectivity index (χ0v) is 18.0. The maximum Gasteiger partial charge on any atom is 0.341 e. The predicted octanol–water partition coefficient (Wildman–Crippen LogP) is 3.43. The van der Waals surface area contributed by atoms with Gasteiger partial charge in [-0.2, -0.15) is 0 Å². The number of hydrogen-bond donors (Lipinski definition) is 2. The number of hydrogen-bond acceptors (Lipinski definition) is 6. The monoisotopic (exact) mass is 436 g/mol. The van der Waals surface area contributed by atoms with Crippen molar-refractivity contribution in [2.45, 2.75) is 25.3 Å². The standard InChI is InChI=1S/C25H28N2O5/c28-20(12-19-16-32-24-9-2-1-8-22(19)24)14-26-23(15-27-10-3-4-11-27)18-6-5-7-21(13-18)31-17-25(29)30/h1-2,5-9,13,16,23,26H,3-4,10-12,14-15,17H2,(H,29,30)/t23-/m1/s1. The van der Waals surface area contributed by atoms with Crippen LogP contribution in [0.2, 0.25) is 0 Å². The van der Waals surface area contributed by atoms with E-state index in [1.54, 1.807) is 12.3 Å². The van der Waals surface area contributed by atoms with Crippen molar-refractivity contribution in [3.8, 4) is 5.75 Å². The topological polar surface area (TPSA) is 92.0 Å². The number of furan rings is 1. The second-order valence-electron chi connectivity index (χ2n) is 8.17. The van der Waals surface area contributed by atoms with Crippen LogP contribution in [0.5, 0.6) is 5.75 Å². The van der Waals surface area contributed by atoms with Crippen LogP contribution in [0.3, 0.4) is 0 Å². The lowest BCUT2D eigenvalue weighted by atomic mass is 10.0. The molecule has 0 unspecified atom stereocenters. The molecule has 1 aliphatic rings. The van der Waals surface area contributed by atoms with E-state index in [2.05, 4.69) is 10.2 Å². The van der Waals surface area contributed by atoms with Gasteiger partial charge in [0.15, 0.2) is 12.4 Å². The summed E-state index contributed by atoms with van der Waals surface area (Å²) in [6, 6.07) is 15.1. The number of carbonyl (C=O) groups excluding carboxylic acids is 1. The van der Waals surface area contributed by atoms with Crippen LogP contribution in [-0.2, 0) is 16.0 Å². The van der Waals surface area contributed by atoms with Gasteiger partial charge in [0.05, 0.1) is 12.8 Å². The smallest absolute Gasteiger partial charge is 0.341 e. The third kappa shape index (κ3) is 5.75. The van der Waals surface area contributed by atoms with E-state index in [0.717, 1.165) is 41.7 Å². The maximum absolute atomic E-state index is 12.8. The summed E-state index contributed by atoms with van der Waals surface area (Å²) in [5, 5.41) is 13.3. The van der Waals surface area contributed by atoms with E-state index in [-0.39, 0.29) is 25.0 Å². The second-order valence-corrected chi connectivity index (χ2v) is 8.17. The third-order valence-corrected chi connectivity index (χ3v) is 5.76. The quantitative estimate of drug-likeness (QED) is 0.476. The zero-order valence-electron chi connectivity index (χ0n) is 18.0. The molecule has 1 aliphatic heterocycles. The molecule has 168 valence electrons. The molecule has 3 aromatic rings. The lowest BCUT2D eigenvalue weighted by molar-refractivity contribution is -0.139. The molecule has 1 saturated heterocycles. The molecule has 0 spiro atoms. The average molecular weight is 437 g/mol. The van der Waals surface area contributed by atoms with Crippen LogP contribution in [0, 0.1) is 0 Å². The second kappa shape index (κ2) is 10.4. The van der Waals surface area contributed by atoms with Crippen LogP contribution >= 0.6 is 0 Å². The minimum Gasteiger partial charge on any atom is -0.482 e. The van der Waals surface area contributed by atoms with Crippen LogP contribution in [0.4, 0.5) is 0 Å². The van der Waals surface area contributed by atoms with E-state index >= 15 is 0 Å². The van der Waals surface area contributed by atoms with Gasteiger partial charge < -0.3 is 24.5 Å². The summed E-state index contributed by atoms with van der Waals surface area (Å²) in [5.41, 5.74) is 2.65. The van der Waals surface area contributed by atoms with Crippen LogP contribution in [0.25, 0.3) is 11.0 Å². The first-order chi connectivity index (χ1) is 15.6. The molecule has 2 heterocycles. The molecule has 7 heteroatoms. The van der Waals surface area contributed by atoms with E-state index in [1.807, 2.05) is 42.5 Å². The minimum absolute atomic E-state index is 0.0634. The minimum atomic E-state index is -1.01. The Bertz CT molecular complexity index is 1070. The Labute approximate surface area is 187 Å². The van der Waals surface area contributed by atoms with Gasteiger partial charge in [-0.25, -0.2) is 4.79 Å². The number of rotatable bonds is 11. The lowest BCUT2D eigenvalue weighted by Crippen LogP contribution is -2.36. The Morgan fingerprint density at radius 3 is 2.75 bits per heavy atom. The van der Waals surface area contributed by atoms with Gasteiger partial charge in [0.25, 0.3) is 0 Å². The Morgan fingerprint density at radius 2 is 1.94 bits per heavy atom. The van der Waals surface area contributed by atoms with Crippen molar-refractivity contribution in [3.05, 3.63) is 65.9 Å². The first kappa shape index (κ1) is 22.0. The number of ether oxygens (including phenoxy) is 1. The molecule has 0 aliphatic carbocycles. The molecule has 0 radical (unpaired) electrons. The highest BCUT2D eigenvalue weighted by molar-refractivity contribution is 5.89. The van der Waals surface area contributed by atoms with E-state index in [4.69, 9.17) is 14.3 Å². The molecule has 7 nitrogen and oxygen atoms in total. The van der Waals surface area contributed by atoms with Crippen molar-refractivity contribution in [2.24, 2.45) is 0 Å². The number of para-hydroxylation sites is 1. The summed E-state index contributed by atoms with van der Waals surface area (Å²) >= 11 is 0. The number of nitrogens with one attached hydrogen (secondary N) is 1. The van der Waals surface area contributed by atoms with Gasteiger partial charge in [-0.05, 0) is 49.7 Å². The van der Waals surface area contributed by atoms with Gasteiger partial charge in [-0.15, -0.1) is 0 Å². The first-order valence-corrected chi connectivity index (χ1v) is 11.0. The van der Waals surface area contributed by atoms with Gasteiger partial charge >= 0.3 is 5.97 Å². The fourth-order valence-corrected chi connectivity index (χ4v) is 4.16. The summed E-state index contributed by atoms with van der Waals surface area (Å²) in [6.45, 7) is 2.72. The molecule has 4 rings (SSSR count). The van der Waals surface area contributed by atoms with Crippen LogP contribution < -0.4 is 10.1 Å². The lowest BCUT2D eigenvalue weighted by Gasteiger charge is -2.25. The summed E-state index contributed by atoms with van der Waals surface area (Å²) in [5.74, 6) is -0.421. The number of carboxylic acids is 1. The van der Waals surface area contributed by atoms with Crippen molar-refractivity contribution in [1.82, 2.24) is 10.2 Å². The Hall–Kier alpha value is -3.16. The Morgan fingerprint density at radius 1 is 1.12 bits per heavy atom. The molecular formula is C25H28N2O5. The van der Waals surface area contributed by atoms with Gasteiger partial charge in [0.2, 0.25) is 0 Å². The molecule has 0 amide bonds. The van der Waals surface area contributed by atoms with E-state index in [1.165, 1.54) is 12.8 Å². The van der Waals surface area contributed by atoms with Gasteiger partial charge in [0, 0.05) is 30.0 Å². The Kier molecular flexibility index (Phi) is 7.19. The number of carbonyl (C=O) groups is 2. The molecule has 1 aromatic heterocycles. The molecule has 2 N–H and O–H groups in total. The number of nitrogens with zero attached hydrogens (tertiary/aromatic N) is 1. The normalized spacial score (nSPS) is 15.1. The number of fused-ring (bicyclic) bond motifs is 1. The van der Waals surface area contributed by atoms with Crippen molar-refractivity contribution in [3.63, 3.8) is 0 Å². The number of benzene rings is 2. The Balaban J connectivity index is 1.43. The van der Waals surface area contributed by atoms with E-state index in [9.17, 15) is 9.59 Å². The molecular weight excluding hydrogens is 408 g/mol. The summed E-state index contributed by atoms with van der Waals surface area (Å²) in [4.78, 5) is 26.0. The van der Waals surface area contributed by atoms with E-state index < -0.39 is 5.97 Å². The zero-order chi connectivity index (χ0) is 22.3. The molecule has 1 fully saturated rings. The number of aliphatic carboxylic acids is 1. The molecule has 2 aromatic carbocycles. The first-order valence-electron chi connectivity index (χ1n) is 11.0. The molecule has 32 heavy (non-hydrogen) atoms. The number of Topliss-reactive ketones (excluding diaryl/α,β-unsaturated/α-hetero) is 1. The van der Waals surface area contributed by atoms with Crippen molar-refractivity contribution < 1.29 is 23.8 Å². The molecule has 1 atom stereocenters. The highest BCUT2D eigenvalue weighted by atomic mass is 16.5. The number of likely N-dealkylation sites (tertiary alicyclic amines) is 1. The maximum atomic E-state index is 12.8.